The second kappa shape index (κ2) is 9.38. The topological polar surface area (TPSA) is 101 Å². The van der Waals surface area contributed by atoms with E-state index in [9.17, 15) is 17.4 Å². The van der Waals surface area contributed by atoms with Crippen LogP contribution in [-0.4, -0.2) is 45.7 Å². The maximum Gasteiger partial charge on any atom is 0.256 e. The number of hydrogen-bond donors (Lipinski definition) is 1. The van der Waals surface area contributed by atoms with E-state index in [2.05, 4.69) is 10.4 Å². The number of carbonyl (C=O) groups is 1. The summed E-state index contributed by atoms with van der Waals surface area (Å²) in [5.41, 5.74) is 2.35. The van der Waals surface area contributed by atoms with Gasteiger partial charge in [0.15, 0.2) is 0 Å². The molecular formula is C22H23ClN4O4S2. The van der Waals surface area contributed by atoms with Gasteiger partial charge in [-0.05, 0) is 42.5 Å². The molecule has 0 fully saturated rings. The van der Waals surface area contributed by atoms with Crippen molar-refractivity contribution in [3.8, 4) is 5.69 Å². The predicted octanol–water partition coefficient (Wildman–Crippen LogP) is 3.57. The van der Waals surface area contributed by atoms with Crippen LogP contribution in [0.1, 0.15) is 35.5 Å². The molecule has 1 atom stereocenters. The molecule has 3 aromatic rings. The van der Waals surface area contributed by atoms with Gasteiger partial charge >= 0.3 is 0 Å². The Balaban J connectivity index is 1.65. The van der Waals surface area contributed by atoms with E-state index >= 15 is 0 Å². The van der Waals surface area contributed by atoms with Gasteiger partial charge in [-0.1, -0.05) is 31.5 Å². The summed E-state index contributed by atoms with van der Waals surface area (Å²) in [5, 5.41) is 7.94. The molecule has 8 nitrogen and oxygen atoms in total. The summed E-state index contributed by atoms with van der Waals surface area (Å²) in [6.07, 6.45) is 0. The van der Waals surface area contributed by atoms with Crippen LogP contribution in [0.3, 0.4) is 0 Å². The van der Waals surface area contributed by atoms with E-state index in [1.807, 2.05) is 6.07 Å². The van der Waals surface area contributed by atoms with Gasteiger partial charge in [0.25, 0.3) is 5.91 Å². The molecule has 1 aromatic heterocycles. The van der Waals surface area contributed by atoms with E-state index in [4.69, 9.17) is 11.6 Å². The average molecular weight is 507 g/mol. The van der Waals surface area contributed by atoms with Crippen molar-refractivity contribution < 1.29 is 17.4 Å². The van der Waals surface area contributed by atoms with Crippen LogP contribution < -0.4 is 5.32 Å². The fourth-order valence-electron chi connectivity index (χ4n) is 3.72. The number of aromatic nitrogens is 2. The molecule has 2 aromatic carbocycles. The van der Waals surface area contributed by atoms with Crippen molar-refractivity contribution in [1.82, 2.24) is 14.1 Å². The number of benzene rings is 2. The number of amides is 1. The van der Waals surface area contributed by atoms with Gasteiger partial charge in [-0.3, -0.25) is 9.00 Å². The number of nitrogens with zero attached hydrogens (tertiary/aromatic N) is 3. The lowest BCUT2D eigenvalue weighted by atomic mass is 10.2. The third-order valence-corrected chi connectivity index (χ3v) is 8.92. The Kier molecular flexibility index (Phi) is 6.71. The summed E-state index contributed by atoms with van der Waals surface area (Å²) in [5.74, 6) is 0.629. The second-order valence-electron chi connectivity index (χ2n) is 7.46. The van der Waals surface area contributed by atoms with Gasteiger partial charge in [-0.15, -0.1) is 0 Å². The molecule has 11 heteroatoms. The lowest BCUT2D eigenvalue weighted by Crippen LogP contribution is -2.30. The maximum absolute atomic E-state index is 13.0. The van der Waals surface area contributed by atoms with E-state index in [0.29, 0.717) is 52.4 Å². The fraction of sp³-hybridized carbons (Fsp3) is 0.273. The number of anilines is 1. The van der Waals surface area contributed by atoms with Crippen LogP contribution in [0.2, 0.25) is 5.02 Å². The molecule has 174 valence electrons. The van der Waals surface area contributed by atoms with Crippen LogP contribution in [0, 0.1) is 0 Å². The lowest BCUT2D eigenvalue weighted by Gasteiger charge is -2.18. The van der Waals surface area contributed by atoms with Gasteiger partial charge in [-0.25, -0.2) is 13.1 Å². The van der Waals surface area contributed by atoms with Crippen molar-refractivity contribution in [1.29, 1.82) is 0 Å². The molecule has 1 aliphatic heterocycles. The van der Waals surface area contributed by atoms with Crippen molar-refractivity contribution in [2.24, 2.45) is 0 Å². The van der Waals surface area contributed by atoms with Crippen LogP contribution in [0.4, 0.5) is 5.82 Å². The summed E-state index contributed by atoms with van der Waals surface area (Å²) in [4.78, 5) is 13.2. The highest BCUT2D eigenvalue weighted by atomic mass is 35.5. The monoisotopic (exact) mass is 506 g/mol. The first kappa shape index (κ1) is 23.6. The Labute approximate surface area is 200 Å². The molecule has 0 spiro atoms. The molecule has 1 N–H and O–H groups in total. The highest BCUT2D eigenvalue weighted by Gasteiger charge is 2.29. The SMILES string of the molecule is CCN(CC)S(=O)(=O)c1ccc(C(=O)Nc2c3c(nn2-c2cccc(Cl)c2)CS(=O)C3)cc1. The molecule has 1 unspecified atom stereocenters. The minimum Gasteiger partial charge on any atom is -0.306 e. The zero-order valence-electron chi connectivity index (χ0n) is 18.1. The van der Waals surface area contributed by atoms with E-state index < -0.39 is 26.7 Å². The molecule has 0 saturated heterocycles. The van der Waals surface area contributed by atoms with Crippen LogP contribution in [0.25, 0.3) is 5.69 Å². The molecule has 0 bridgehead atoms. The van der Waals surface area contributed by atoms with E-state index in [-0.39, 0.29) is 4.90 Å². The van der Waals surface area contributed by atoms with E-state index in [1.54, 1.807) is 36.7 Å². The molecule has 0 aliphatic carbocycles. The van der Waals surface area contributed by atoms with Crippen LogP contribution >= 0.6 is 11.6 Å². The Morgan fingerprint density at radius 3 is 2.48 bits per heavy atom. The zero-order valence-corrected chi connectivity index (χ0v) is 20.5. The van der Waals surface area contributed by atoms with Crippen molar-refractivity contribution in [2.45, 2.75) is 30.2 Å². The first-order valence-electron chi connectivity index (χ1n) is 10.4. The molecule has 4 rings (SSSR count). The zero-order chi connectivity index (χ0) is 23.8. The first-order chi connectivity index (χ1) is 15.7. The number of fused-ring (bicyclic) bond motifs is 1. The molecule has 2 heterocycles. The van der Waals surface area contributed by atoms with Crippen molar-refractivity contribution in [2.75, 3.05) is 18.4 Å². The Hall–Kier alpha value is -2.53. The summed E-state index contributed by atoms with van der Waals surface area (Å²) in [6.45, 7) is 4.27. The van der Waals surface area contributed by atoms with Crippen molar-refractivity contribution in [3.05, 3.63) is 70.4 Å². The Bertz CT molecular complexity index is 1330. The lowest BCUT2D eigenvalue weighted by molar-refractivity contribution is 0.102. The number of hydrogen-bond acceptors (Lipinski definition) is 5. The quantitative estimate of drug-likeness (QED) is 0.528. The standard InChI is InChI=1S/C22H23ClN4O4S2/c1-3-26(4-2)33(30,31)18-10-8-15(9-11-18)22(28)24-21-19-13-32(29)14-20(19)25-27(21)17-7-5-6-16(23)12-17/h5-12H,3-4,13-14H2,1-2H3,(H,24,28). The third kappa shape index (κ3) is 4.61. The summed E-state index contributed by atoms with van der Waals surface area (Å²) in [7, 11) is -4.68. The normalized spacial score (nSPS) is 15.6. The Morgan fingerprint density at radius 1 is 1.15 bits per heavy atom. The average Bonchev–Trinajstić information content (AvgIpc) is 3.31. The number of halogens is 1. The highest BCUT2D eigenvalue weighted by Crippen LogP contribution is 2.32. The van der Waals surface area contributed by atoms with Gasteiger partial charge in [0.05, 0.1) is 27.8 Å². The van der Waals surface area contributed by atoms with Crippen LogP contribution in [0.5, 0.6) is 0 Å². The molecule has 0 saturated carbocycles. The van der Waals surface area contributed by atoms with Crippen LogP contribution in [-0.2, 0) is 32.3 Å². The molecular weight excluding hydrogens is 484 g/mol. The van der Waals surface area contributed by atoms with Gasteiger partial charge < -0.3 is 5.32 Å². The van der Waals surface area contributed by atoms with Crippen LogP contribution in [0.15, 0.2) is 53.4 Å². The van der Waals surface area contributed by atoms with E-state index in [1.165, 1.54) is 28.6 Å². The van der Waals surface area contributed by atoms with Gasteiger partial charge in [-0.2, -0.15) is 9.40 Å². The first-order valence-corrected chi connectivity index (χ1v) is 13.7. The number of sulfonamides is 1. The van der Waals surface area contributed by atoms with Gasteiger partial charge in [0, 0.05) is 40.0 Å². The van der Waals surface area contributed by atoms with Gasteiger partial charge in [0.2, 0.25) is 10.0 Å². The fourth-order valence-corrected chi connectivity index (χ4v) is 6.63. The van der Waals surface area contributed by atoms with Crippen molar-refractivity contribution >= 4 is 44.1 Å². The molecule has 0 radical (unpaired) electrons. The number of carbonyl (C=O) groups excluding carboxylic acids is 1. The minimum atomic E-state index is -3.61. The van der Waals surface area contributed by atoms with E-state index in [0.717, 1.165) is 5.56 Å². The van der Waals surface area contributed by atoms with Gasteiger partial charge in [0.1, 0.15) is 5.82 Å². The Morgan fingerprint density at radius 2 is 1.85 bits per heavy atom. The molecule has 1 amide bonds. The third-order valence-electron chi connectivity index (χ3n) is 5.41. The maximum atomic E-state index is 13.0. The summed E-state index contributed by atoms with van der Waals surface area (Å²) >= 11 is 6.13. The molecule has 1 aliphatic rings. The highest BCUT2D eigenvalue weighted by molar-refractivity contribution is 7.89. The molecule has 33 heavy (non-hydrogen) atoms. The minimum absolute atomic E-state index is 0.128. The van der Waals surface area contributed by atoms with Crippen molar-refractivity contribution in [3.63, 3.8) is 0 Å². The summed E-state index contributed by atoms with van der Waals surface area (Å²) < 4.78 is 40.4. The summed E-state index contributed by atoms with van der Waals surface area (Å²) in [6, 6.07) is 12.9. The number of nitrogens with one attached hydrogen (secondary N) is 1. The number of rotatable bonds is 7. The predicted molar refractivity (Wildman–Crippen MR) is 129 cm³/mol. The smallest absolute Gasteiger partial charge is 0.256 e. The second-order valence-corrected chi connectivity index (χ2v) is 11.3. The largest absolute Gasteiger partial charge is 0.306 e.